The summed E-state index contributed by atoms with van der Waals surface area (Å²) in [5.41, 5.74) is 1.32. The Hall–Kier alpha value is -3.09. The van der Waals surface area contributed by atoms with E-state index in [2.05, 4.69) is 10.3 Å². The maximum atomic E-state index is 12.1. The first-order valence-corrected chi connectivity index (χ1v) is 7.14. The number of fused-ring (bicyclic) bond motifs is 1. The topological polar surface area (TPSA) is 86.4 Å². The monoisotopic (exact) mass is 313 g/mol. The lowest BCUT2D eigenvalue weighted by molar-refractivity contribution is -0.116. The van der Waals surface area contributed by atoms with Crippen LogP contribution in [0.15, 0.2) is 51.8 Å². The van der Waals surface area contributed by atoms with Gasteiger partial charge in [-0.25, -0.2) is 14.3 Å². The molecule has 0 fully saturated rings. The molecule has 0 atom stereocenters. The lowest BCUT2D eigenvalue weighted by Gasteiger charge is -2.07. The van der Waals surface area contributed by atoms with E-state index in [0.717, 1.165) is 5.75 Å². The number of ether oxygens (including phenoxy) is 1. The van der Waals surface area contributed by atoms with Crippen molar-refractivity contribution in [1.29, 1.82) is 0 Å². The van der Waals surface area contributed by atoms with Crippen LogP contribution in [0.5, 0.6) is 5.75 Å². The van der Waals surface area contributed by atoms with Crippen LogP contribution < -0.4 is 15.8 Å². The van der Waals surface area contributed by atoms with E-state index in [1.807, 2.05) is 6.92 Å². The molecule has 0 aliphatic rings. The average molecular weight is 313 g/mol. The average Bonchev–Trinajstić information content (AvgIpc) is 2.85. The first-order chi connectivity index (χ1) is 11.2. The molecular weight excluding hydrogens is 298 g/mol. The number of hydrogen-bond acceptors (Lipinski definition) is 5. The SMILES string of the molecule is CCOc1ccc(NC(=O)Cn2c(=O)oc3cccnc32)cc1. The fraction of sp³-hybridized carbons (Fsp3) is 0.188. The number of hydrogen-bond donors (Lipinski definition) is 1. The second-order valence-corrected chi connectivity index (χ2v) is 4.78. The van der Waals surface area contributed by atoms with Crippen LogP contribution in [0.25, 0.3) is 11.2 Å². The summed E-state index contributed by atoms with van der Waals surface area (Å²) in [7, 11) is 0. The Balaban J connectivity index is 1.73. The molecule has 0 spiro atoms. The van der Waals surface area contributed by atoms with Gasteiger partial charge in [0, 0.05) is 11.9 Å². The van der Waals surface area contributed by atoms with Gasteiger partial charge >= 0.3 is 5.76 Å². The number of carbonyl (C=O) groups excluding carboxylic acids is 1. The number of pyridine rings is 1. The Kier molecular flexibility index (Phi) is 4.09. The number of nitrogens with one attached hydrogen (secondary N) is 1. The van der Waals surface area contributed by atoms with Crippen molar-refractivity contribution in [3.63, 3.8) is 0 Å². The van der Waals surface area contributed by atoms with Gasteiger partial charge in [0.25, 0.3) is 0 Å². The predicted octanol–water partition coefficient (Wildman–Crippen LogP) is 2.03. The molecule has 0 unspecified atom stereocenters. The Morgan fingerprint density at radius 2 is 2.09 bits per heavy atom. The summed E-state index contributed by atoms with van der Waals surface area (Å²) in [6, 6.07) is 10.3. The summed E-state index contributed by atoms with van der Waals surface area (Å²) in [6.45, 7) is 2.31. The predicted molar refractivity (Wildman–Crippen MR) is 84.5 cm³/mol. The molecule has 7 nitrogen and oxygen atoms in total. The molecule has 0 aliphatic heterocycles. The summed E-state index contributed by atoms with van der Waals surface area (Å²) in [6.07, 6.45) is 1.54. The maximum absolute atomic E-state index is 12.1. The van der Waals surface area contributed by atoms with Gasteiger partial charge in [-0.3, -0.25) is 4.79 Å². The number of oxazole rings is 1. The van der Waals surface area contributed by atoms with Crippen LogP contribution in [0.3, 0.4) is 0 Å². The lowest BCUT2D eigenvalue weighted by atomic mass is 10.3. The van der Waals surface area contributed by atoms with E-state index in [1.165, 1.54) is 10.8 Å². The lowest BCUT2D eigenvalue weighted by Crippen LogP contribution is -2.25. The Labute approximate surface area is 131 Å². The second kappa shape index (κ2) is 6.35. The van der Waals surface area contributed by atoms with Crippen molar-refractivity contribution in [3.8, 4) is 5.75 Å². The molecule has 2 heterocycles. The molecule has 0 saturated heterocycles. The number of carbonyl (C=O) groups is 1. The van der Waals surface area contributed by atoms with Crippen LogP contribution in [0.4, 0.5) is 5.69 Å². The fourth-order valence-electron chi connectivity index (χ4n) is 2.18. The quantitative estimate of drug-likeness (QED) is 0.779. The van der Waals surface area contributed by atoms with E-state index in [9.17, 15) is 9.59 Å². The van der Waals surface area contributed by atoms with Crippen molar-refractivity contribution in [3.05, 3.63) is 53.1 Å². The van der Waals surface area contributed by atoms with Gasteiger partial charge in [0.05, 0.1) is 6.61 Å². The molecule has 0 saturated carbocycles. The zero-order valence-corrected chi connectivity index (χ0v) is 12.5. The van der Waals surface area contributed by atoms with E-state index in [0.29, 0.717) is 23.5 Å². The van der Waals surface area contributed by atoms with E-state index in [1.54, 1.807) is 36.4 Å². The Morgan fingerprint density at radius 1 is 1.30 bits per heavy atom. The van der Waals surface area contributed by atoms with E-state index in [-0.39, 0.29) is 12.5 Å². The van der Waals surface area contributed by atoms with Crippen molar-refractivity contribution in [2.24, 2.45) is 0 Å². The van der Waals surface area contributed by atoms with Crippen molar-refractivity contribution < 1.29 is 13.9 Å². The zero-order chi connectivity index (χ0) is 16.2. The molecule has 3 aromatic rings. The summed E-state index contributed by atoms with van der Waals surface area (Å²) < 4.78 is 11.6. The third-order valence-corrected chi connectivity index (χ3v) is 3.17. The largest absolute Gasteiger partial charge is 0.494 e. The molecule has 1 aromatic carbocycles. The molecule has 0 radical (unpaired) electrons. The Morgan fingerprint density at radius 3 is 2.83 bits per heavy atom. The van der Waals surface area contributed by atoms with Crippen molar-refractivity contribution in [2.75, 3.05) is 11.9 Å². The van der Waals surface area contributed by atoms with E-state index >= 15 is 0 Å². The van der Waals surface area contributed by atoms with Crippen LogP contribution in [0, 0.1) is 0 Å². The third-order valence-electron chi connectivity index (χ3n) is 3.17. The number of amides is 1. The van der Waals surface area contributed by atoms with Crippen molar-refractivity contribution in [1.82, 2.24) is 9.55 Å². The van der Waals surface area contributed by atoms with Crippen LogP contribution in [-0.2, 0) is 11.3 Å². The minimum absolute atomic E-state index is 0.171. The van der Waals surface area contributed by atoms with Gasteiger partial charge in [0.1, 0.15) is 12.3 Å². The highest BCUT2D eigenvalue weighted by Gasteiger charge is 2.13. The second-order valence-electron chi connectivity index (χ2n) is 4.78. The van der Waals surface area contributed by atoms with Crippen LogP contribution in [0.2, 0.25) is 0 Å². The zero-order valence-electron chi connectivity index (χ0n) is 12.5. The molecule has 2 aromatic heterocycles. The van der Waals surface area contributed by atoms with Gasteiger partial charge in [0.15, 0.2) is 11.2 Å². The summed E-state index contributed by atoms with van der Waals surface area (Å²) in [5.74, 6) is -0.225. The normalized spacial score (nSPS) is 10.7. The van der Waals surface area contributed by atoms with Crippen LogP contribution >= 0.6 is 0 Å². The molecule has 3 rings (SSSR count). The van der Waals surface area contributed by atoms with Gasteiger partial charge in [-0.15, -0.1) is 0 Å². The van der Waals surface area contributed by atoms with Crippen molar-refractivity contribution >= 4 is 22.8 Å². The van der Waals surface area contributed by atoms with Crippen molar-refractivity contribution in [2.45, 2.75) is 13.5 Å². The number of aromatic nitrogens is 2. The van der Waals surface area contributed by atoms with Gasteiger partial charge in [-0.05, 0) is 43.3 Å². The number of anilines is 1. The summed E-state index contributed by atoms with van der Waals surface area (Å²) in [5, 5.41) is 2.72. The van der Waals surface area contributed by atoms with Gasteiger partial charge < -0.3 is 14.5 Å². The number of benzene rings is 1. The van der Waals surface area contributed by atoms with E-state index < -0.39 is 5.76 Å². The highest BCUT2D eigenvalue weighted by Crippen LogP contribution is 2.16. The third kappa shape index (κ3) is 3.23. The van der Waals surface area contributed by atoms with Gasteiger partial charge in [-0.1, -0.05) is 0 Å². The first kappa shape index (κ1) is 14.8. The molecule has 23 heavy (non-hydrogen) atoms. The number of nitrogens with zero attached hydrogens (tertiary/aromatic N) is 2. The van der Waals surface area contributed by atoms with Crippen LogP contribution in [0.1, 0.15) is 6.92 Å². The highest BCUT2D eigenvalue weighted by atomic mass is 16.5. The standard InChI is InChI=1S/C16H15N3O4/c1-2-22-12-7-5-11(6-8-12)18-14(20)10-19-15-13(23-16(19)21)4-3-9-17-15/h3-9H,2,10H2,1H3,(H,18,20). The molecule has 0 bridgehead atoms. The van der Waals surface area contributed by atoms with Gasteiger partial charge in [-0.2, -0.15) is 0 Å². The maximum Gasteiger partial charge on any atom is 0.421 e. The molecule has 7 heteroatoms. The number of rotatable bonds is 5. The smallest absolute Gasteiger partial charge is 0.421 e. The summed E-state index contributed by atoms with van der Waals surface area (Å²) >= 11 is 0. The minimum atomic E-state index is -0.611. The Bertz CT molecular complexity index is 880. The molecule has 0 aliphatic carbocycles. The molecule has 1 amide bonds. The minimum Gasteiger partial charge on any atom is -0.494 e. The molecular formula is C16H15N3O4. The molecule has 1 N–H and O–H groups in total. The first-order valence-electron chi connectivity index (χ1n) is 7.14. The fourth-order valence-corrected chi connectivity index (χ4v) is 2.18. The van der Waals surface area contributed by atoms with E-state index in [4.69, 9.17) is 9.15 Å². The summed E-state index contributed by atoms with van der Waals surface area (Å²) in [4.78, 5) is 28.0. The van der Waals surface area contributed by atoms with Gasteiger partial charge in [0.2, 0.25) is 5.91 Å². The highest BCUT2D eigenvalue weighted by molar-refractivity contribution is 5.91. The van der Waals surface area contributed by atoms with Crippen LogP contribution in [-0.4, -0.2) is 22.1 Å². The molecule has 118 valence electrons.